The molecule has 1 heterocycles. The molecule has 3 aromatic carbocycles. The van der Waals surface area contributed by atoms with Crippen molar-refractivity contribution in [1.82, 2.24) is 4.98 Å². The van der Waals surface area contributed by atoms with Crippen LogP contribution in [0.3, 0.4) is 0 Å². The van der Waals surface area contributed by atoms with E-state index in [-0.39, 0.29) is 5.41 Å². The summed E-state index contributed by atoms with van der Waals surface area (Å²) in [5, 5.41) is 15.4. The van der Waals surface area contributed by atoms with Gasteiger partial charge in [-0.2, -0.15) is 0 Å². The molecule has 2 aliphatic carbocycles. The second-order valence-corrected chi connectivity index (χ2v) is 11.4. The normalized spacial score (nSPS) is 24.4. The lowest BCUT2D eigenvalue weighted by molar-refractivity contribution is -0.144. The number of carbonyl (C=O) groups is 1. The van der Waals surface area contributed by atoms with Gasteiger partial charge in [0.05, 0.1) is 6.61 Å². The first-order valence-electron chi connectivity index (χ1n) is 13.5. The van der Waals surface area contributed by atoms with Crippen molar-refractivity contribution in [3.63, 3.8) is 0 Å². The number of aromatic amines is 1. The maximum atomic E-state index is 12.6. The molecular formula is C32H33ClN2O3. The van der Waals surface area contributed by atoms with Gasteiger partial charge in [-0.3, -0.25) is 0 Å². The third kappa shape index (κ3) is 4.43. The molecule has 0 radical (unpaired) electrons. The summed E-state index contributed by atoms with van der Waals surface area (Å²) in [5.41, 5.74) is 3.70. The zero-order valence-electron chi connectivity index (χ0n) is 21.4. The van der Waals surface area contributed by atoms with E-state index in [2.05, 4.69) is 46.7 Å². The van der Waals surface area contributed by atoms with E-state index in [4.69, 9.17) is 16.3 Å². The minimum absolute atomic E-state index is 0.00616. The molecular weight excluding hydrogens is 496 g/mol. The zero-order valence-corrected chi connectivity index (χ0v) is 22.1. The summed E-state index contributed by atoms with van der Waals surface area (Å²) < 4.78 is 6.21. The van der Waals surface area contributed by atoms with Crippen molar-refractivity contribution in [1.29, 1.82) is 0 Å². The summed E-state index contributed by atoms with van der Waals surface area (Å²) in [6.45, 7) is 0.669. The second kappa shape index (κ2) is 10.0. The van der Waals surface area contributed by atoms with E-state index in [9.17, 15) is 9.90 Å². The molecule has 0 aliphatic heterocycles. The summed E-state index contributed by atoms with van der Waals surface area (Å²) in [6.07, 6.45) is 7.85. The third-order valence-corrected chi connectivity index (χ3v) is 9.16. The molecule has 0 amide bonds. The van der Waals surface area contributed by atoms with Crippen molar-refractivity contribution in [2.75, 3.05) is 11.9 Å². The maximum Gasteiger partial charge on any atom is 0.329 e. The number of rotatable bonds is 8. The number of aromatic nitrogens is 1. The lowest BCUT2D eigenvalue weighted by Gasteiger charge is -2.47. The molecule has 0 bridgehead atoms. The third-order valence-electron chi connectivity index (χ3n) is 8.92. The van der Waals surface area contributed by atoms with Crippen LogP contribution in [0.4, 0.5) is 5.69 Å². The highest BCUT2D eigenvalue weighted by Gasteiger charge is 2.53. The highest BCUT2D eigenvalue weighted by molar-refractivity contribution is 6.30. The van der Waals surface area contributed by atoms with E-state index < -0.39 is 11.5 Å². The van der Waals surface area contributed by atoms with Gasteiger partial charge >= 0.3 is 5.97 Å². The van der Waals surface area contributed by atoms with Gasteiger partial charge in [0.15, 0.2) is 0 Å². The summed E-state index contributed by atoms with van der Waals surface area (Å²) in [7, 11) is 0. The molecule has 196 valence electrons. The Morgan fingerprint density at radius 2 is 1.84 bits per heavy atom. The number of benzene rings is 3. The summed E-state index contributed by atoms with van der Waals surface area (Å²) in [4.78, 5) is 15.8. The predicted molar refractivity (Wildman–Crippen MR) is 152 cm³/mol. The molecule has 4 aromatic rings. The van der Waals surface area contributed by atoms with E-state index in [1.165, 1.54) is 11.1 Å². The molecule has 0 saturated heterocycles. The standard InChI is InChI=1S/C32H33ClN2O3/c33-24-8-3-9-25(21-24)35-32(30(36)37)16-14-31(15-17-32)23(20-22-6-1-2-10-27(22)31)7-5-19-38-29-12-4-11-28-26(29)13-18-34-28/h1-4,6,8-13,18,21,23,34-35H,5,7,14-17,19-20H2,(H,36,37)/t23-,31?,32?/m1/s1. The number of aliphatic carboxylic acids is 1. The van der Waals surface area contributed by atoms with Gasteiger partial charge in [0, 0.05) is 27.8 Å². The number of ether oxygens (including phenoxy) is 1. The fraction of sp³-hybridized carbons (Fsp3) is 0.344. The number of halogens is 1. The fourth-order valence-corrected chi connectivity index (χ4v) is 7.16. The van der Waals surface area contributed by atoms with Crippen LogP contribution in [0.25, 0.3) is 10.9 Å². The number of carboxylic acids is 1. The van der Waals surface area contributed by atoms with Gasteiger partial charge in [0.25, 0.3) is 0 Å². The van der Waals surface area contributed by atoms with Crippen LogP contribution >= 0.6 is 11.6 Å². The number of hydrogen-bond donors (Lipinski definition) is 3. The Morgan fingerprint density at radius 3 is 2.66 bits per heavy atom. The van der Waals surface area contributed by atoms with Gasteiger partial charge in [-0.15, -0.1) is 0 Å². The van der Waals surface area contributed by atoms with Crippen molar-refractivity contribution in [2.45, 2.75) is 55.9 Å². The molecule has 6 rings (SSSR count). The molecule has 3 N–H and O–H groups in total. The Bertz CT molecular complexity index is 1450. The first kappa shape index (κ1) is 24.9. The Hall–Kier alpha value is -3.44. The molecule has 6 heteroatoms. The smallest absolute Gasteiger partial charge is 0.329 e. The Balaban J connectivity index is 1.18. The van der Waals surface area contributed by atoms with Crippen LogP contribution in [-0.2, 0) is 16.6 Å². The summed E-state index contributed by atoms with van der Waals surface area (Å²) >= 11 is 6.18. The van der Waals surface area contributed by atoms with Crippen LogP contribution in [0.1, 0.15) is 49.7 Å². The van der Waals surface area contributed by atoms with Crippen molar-refractivity contribution < 1.29 is 14.6 Å². The minimum Gasteiger partial charge on any atom is -0.493 e. The van der Waals surface area contributed by atoms with Gasteiger partial charge in [0.2, 0.25) is 0 Å². The zero-order chi connectivity index (χ0) is 26.2. The van der Waals surface area contributed by atoms with Crippen LogP contribution in [0.2, 0.25) is 5.02 Å². The van der Waals surface area contributed by atoms with Gasteiger partial charge in [-0.05, 0) is 104 Å². The van der Waals surface area contributed by atoms with Gasteiger partial charge in [0.1, 0.15) is 11.3 Å². The fourth-order valence-electron chi connectivity index (χ4n) is 6.97. The molecule has 1 atom stereocenters. The van der Waals surface area contributed by atoms with E-state index in [0.717, 1.165) is 54.4 Å². The lowest BCUT2D eigenvalue weighted by Crippen LogP contribution is -2.53. The number of anilines is 1. The van der Waals surface area contributed by atoms with Gasteiger partial charge in [-0.25, -0.2) is 4.79 Å². The number of nitrogens with one attached hydrogen (secondary N) is 2. The maximum absolute atomic E-state index is 12.6. The highest BCUT2D eigenvalue weighted by Crippen LogP contribution is 2.55. The summed E-state index contributed by atoms with van der Waals surface area (Å²) in [5.74, 6) is 0.608. The molecule has 5 nitrogen and oxygen atoms in total. The SMILES string of the molecule is O=C(O)C1(Nc2cccc(Cl)c2)CCC2(CC1)c1ccccc1C[C@H]2CCCOc1cccc2[nH]ccc12. The van der Waals surface area contributed by atoms with E-state index in [0.29, 0.717) is 30.4 Å². The minimum atomic E-state index is -0.990. The van der Waals surface area contributed by atoms with Gasteiger partial charge in [-0.1, -0.05) is 48.0 Å². The second-order valence-electron chi connectivity index (χ2n) is 10.9. The quantitative estimate of drug-likeness (QED) is 0.206. The number of carboxylic acid groups (broad SMARTS) is 1. The van der Waals surface area contributed by atoms with Crippen LogP contribution in [0.15, 0.2) is 79.0 Å². The van der Waals surface area contributed by atoms with Crippen LogP contribution in [0.5, 0.6) is 5.75 Å². The average Bonchev–Trinajstić information content (AvgIpc) is 3.52. The molecule has 1 spiro atoms. The molecule has 1 saturated carbocycles. The Kier molecular flexibility index (Phi) is 6.56. The molecule has 2 aliphatic rings. The monoisotopic (exact) mass is 528 g/mol. The molecule has 1 aromatic heterocycles. The van der Waals surface area contributed by atoms with Crippen molar-refractivity contribution in [3.05, 3.63) is 95.1 Å². The van der Waals surface area contributed by atoms with Crippen LogP contribution in [0, 0.1) is 5.92 Å². The number of hydrogen-bond acceptors (Lipinski definition) is 3. The molecule has 38 heavy (non-hydrogen) atoms. The van der Waals surface area contributed by atoms with Crippen molar-refractivity contribution >= 4 is 34.2 Å². The van der Waals surface area contributed by atoms with E-state index in [1.54, 1.807) is 12.1 Å². The predicted octanol–water partition coefficient (Wildman–Crippen LogP) is 7.60. The van der Waals surface area contributed by atoms with Crippen molar-refractivity contribution in [3.8, 4) is 5.75 Å². The highest BCUT2D eigenvalue weighted by atomic mass is 35.5. The topological polar surface area (TPSA) is 74.3 Å². The Morgan fingerprint density at radius 1 is 1.03 bits per heavy atom. The lowest BCUT2D eigenvalue weighted by atomic mass is 9.60. The van der Waals surface area contributed by atoms with Crippen molar-refractivity contribution in [2.24, 2.45) is 5.92 Å². The van der Waals surface area contributed by atoms with E-state index >= 15 is 0 Å². The number of H-pyrrole nitrogens is 1. The average molecular weight is 529 g/mol. The Labute approximate surface area is 228 Å². The van der Waals surface area contributed by atoms with Crippen LogP contribution in [-0.4, -0.2) is 28.2 Å². The molecule has 1 fully saturated rings. The number of fused-ring (bicyclic) bond motifs is 3. The first-order valence-corrected chi connectivity index (χ1v) is 13.9. The van der Waals surface area contributed by atoms with Gasteiger partial charge < -0.3 is 20.1 Å². The first-order chi connectivity index (χ1) is 18.5. The van der Waals surface area contributed by atoms with E-state index in [1.807, 2.05) is 30.5 Å². The largest absolute Gasteiger partial charge is 0.493 e. The summed E-state index contributed by atoms with van der Waals surface area (Å²) in [6, 6.07) is 24.3. The molecule has 0 unspecified atom stereocenters. The van der Waals surface area contributed by atoms with Crippen LogP contribution < -0.4 is 10.1 Å².